The van der Waals surface area contributed by atoms with Crippen LogP contribution in [0.1, 0.15) is 79.1 Å². The molecule has 0 aromatic carbocycles. The van der Waals surface area contributed by atoms with E-state index in [0.717, 1.165) is 31.8 Å². The average molecular weight is 494 g/mol. The third-order valence-corrected chi connectivity index (χ3v) is 6.39. The van der Waals surface area contributed by atoms with Crippen molar-refractivity contribution in [3.05, 3.63) is 24.0 Å². The van der Waals surface area contributed by atoms with Crippen molar-refractivity contribution in [3.8, 4) is 0 Å². The van der Waals surface area contributed by atoms with Gasteiger partial charge in [0.25, 0.3) is 0 Å². The van der Waals surface area contributed by atoms with Crippen molar-refractivity contribution in [3.63, 3.8) is 0 Å². The summed E-state index contributed by atoms with van der Waals surface area (Å²) in [6.07, 6.45) is 16.4. The summed E-state index contributed by atoms with van der Waals surface area (Å²) in [5, 5.41) is 0. The summed E-state index contributed by atoms with van der Waals surface area (Å²) >= 11 is 7.63. The predicted molar refractivity (Wildman–Crippen MR) is 120 cm³/mol. The topological polar surface area (TPSA) is 18.5 Å². The molecule has 4 heteroatoms. The summed E-state index contributed by atoms with van der Waals surface area (Å²) < 4.78 is 12.5. The molecule has 1 aliphatic carbocycles. The minimum absolute atomic E-state index is 0.227. The fraction of sp³-hybridized carbons (Fsp3) is 0.818. The quantitative estimate of drug-likeness (QED) is 0.183. The van der Waals surface area contributed by atoms with Crippen LogP contribution in [0, 0.1) is 5.92 Å². The van der Waals surface area contributed by atoms with Crippen molar-refractivity contribution in [2.24, 2.45) is 5.92 Å². The Hall–Kier alpha value is 0.200. The van der Waals surface area contributed by atoms with Gasteiger partial charge in [-0.3, -0.25) is 0 Å². The van der Waals surface area contributed by atoms with Gasteiger partial charge in [0.2, 0.25) is 0 Å². The van der Waals surface area contributed by atoms with Crippen molar-refractivity contribution >= 4 is 31.9 Å². The molecular weight excluding hydrogens is 456 g/mol. The third kappa shape index (κ3) is 7.67. The van der Waals surface area contributed by atoms with Crippen LogP contribution in [-0.4, -0.2) is 28.5 Å². The molecule has 0 aliphatic heterocycles. The number of unbranched alkanes of at least 4 members (excludes halogenated alkanes) is 6. The zero-order valence-electron chi connectivity index (χ0n) is 17.1. The maximum absolute atomic E-state index is 6.49. The lowest BCUT2D eigenvalue weighted by molar-refractivity contribution is -0.0386. The van der Waals surface area contributed by atoms with Crippen LogP contribution in [0.3, 0.4) is 0 Å². The first-order valence-corrected chi connectivity index (χ1v) is 12.3. The minimum atomic E-state index is -0.329. The zero-order chi connectivity index (χ0) is 19.4. The van der Waals surface area contributed by atoms with Crippen LogP contribution in [0.2, 0.25) is 0 Å². The molecule has 0 aromatic heterocycles. The standard InChI is InChI=1S/C22H38Br2O2/c1-5-7-9-11-15-25-20-13-14-22(19(4)24,21(17-20)18(3)23)26-16-12-10-8-6-2/h13-14,17-19,21H,5-12,15-16H2,1-4H3. The molecular formula is C22H38Br2O2. The molecule has 0 bridgehead atoms. The van der Waals surface area contributed by atoms with Crippen molar-refractivity contribution < 1.29 is 9.47 Å². The second kappa shape index (κ2) is 13.4. The van der Waals surface area contributed by atoms with Crippen molar-refractivity contribution in [1.29, 1.82) is 0 Å². The van der Waals surface area contributed by atoms with Gasteiger partial charge in [-0.05, 0) is 38.0 Å². The van der Waals surface area contributed by atoms with Crippen LogP contribution in [-0.2, 0) is 9.47 Å². The Balaban J connectivity index is 2.71. The van der Waals surface area contributed by atoms with E-state index in [4.69, 9.17) is 9.47 Å². The van der Waals surface area contributed by atoms with Gasteiger partial charge in [-0.1, -0.05) is 91.2 Å². The highest BCUT2D eigenvalue weighted by Crippen LogP contribution is 2.41. The molecule has 0 fully saturated rings. The van der Waals surface area contributed by atoms with Crippen LogP contribution >= 0.6 is 31.9 Å². The first kappa shape index (κ1) is 24.2. The van der Waals surface area contributed by atoms with E-state index >= 15 is 0 Å². The van der Waals surface area contributed by atoms with Gasteiger partial charge in [0.1, 0.15) is 11.4 Å². The van der Waals surface area contributed by atoms with E-state index in [9.17, 15) is 0 Å². The molecule has 0 saturated heterocycles. The lowest BCUT2D eigenvalue weighted by Crippen LogP contribution is -2.49. The maximum atomic E-state index is 6.49. The molecule has 1 aliphatic rings. The van der Waals surface area contributed by atoms with E-state index in [1.54, 1.807) is 0 Å². The SMILES string of the molecule is CCCCCCOC1=CC(C(C)Br)C(OCCCCCC)(C(C)Br)C=C1. The van der Waals surface area contributed by atoms with E-state index in [1.807, 2.05) is 0 Å². The monoisotopic (exact) mass is 492 g/mol. The molecule has 0 aromatic rings. The van der Waals surface area contributed by atoms with E-state index in [-0.39, 0.29) is 16.3 Å². The molecule has 152 valence electrons. The van der Waals surface area contributed by atoms with Gasteiger partial charge in [-0.25, -0.2) is 0 Å². The molecule has 0 N–H and O–H groups in total. The van der Waals surface area contributed by atoms with Crippen molar-refractivity contribution in [2.75, 3.05) is 13.2 Å². The summed E-state index contributed by atoms with van der Waals surface area (Å²) in [4.78, 5) is 0.534. The van der Waals surface area contributed by atoms with E-state index in [0.29, 0.717) is 4.83 Å². The summed E-state index contributed by atoms with van der Waals surface area (Å²) in [5.41, 5.74) is -0.329. The van der Waals surface area contributed by atoms with E-state index < -0.39 is 0 Å². The molecule has 0 radical (unpaired) electrons. The highest BCUT2D eigenvalue weighted by atomic mass is 79.9. The Bertz CT molecular complexity index is 432. The Morgan fingerprint density at radius 2 is 1.58 bits per heavy atom. The number of rotatable bonds is 14. The number of allylic oxidation sites excluding steroid dienone is 1. The fourth-order valence-electron chi connectivity index (χ4n) is 3.43. The molecule has 1 rings (SSSR count). The van der Waals surface area contributed by atoms with Crippen LogP contribution < -0.4 is 0 Å². The maximum Gasteiger partial charge on any atom is 0.115 e. The Morgan fingerprint density at radius 3 is 2.12 bits per heavy atom. The summed E-state index contributed by atoms with van der Waals surface area (Å²) in [7, 11) is 0. The predicted octanol–water partition coefficient (Wildman–Crippen LogP) is 7.56. The van der Waals surface area contributed by atoms with E-state index in [1.165, 1.54) is 38.5 Å². The molecule has 4 atom stereocenters. The lowest BCUT2D eigenvalue weighted by atomic mass is 9.79. The average Bonchev–Trinajstić information content (AvgIpc) is 2.61. The van der Waals surface area contributed by atoms with E-state index in [2.05, 4.69) is 77.8 Å². The molecule has 4 unspecified atom stereocenters. The number of hydrogen-bond donors (Lipinski definition) is 0. The van der Waals surface area contributed by atoms with Crippen LogP contribution in [0.15, 0.2) is 24.0 Å². The van der Waals surface area contributed by atoms with Gasteiger partial charge in [0, 0.05) is 22.2 Å². The van der Waals surface area contributed by atoms with Crippen LogP contribution in [0.25, 0.3) is 0 Å². The number of alkyl halides is 2. The molecule has 0 amide bonds. The molecule has 0 spiro atoms. The zero-order valence-corrected chi connectivity index (χ0v) is 20.3. The van der Waals surface area contributed by atoms with Gasteiger partial charge >= 0.3 is 0 Å². The Labute approximate surface area is 178 Å². The number of ether oxygens (including phenoxy) is 2. The highest BCUT2D eigenvalue weighted by Gasteiger charge is 2.44. The summed E-state index contributed by atoms with van der Waals surface area (Å²) in [6.45, 7) is 10.5. The Morgan fingerprint density at radius 1 is 0.962 bits per heavy atom. The molecule has 0 heterocycles. The normalized spacial score (nSPS) is 25.0. The second-order valence-electron chi connectivity index (χ2n) is 7.39. The van der Waals surface area contributed by atoms with Crippen molar-refractivity contribution in [1.82, 2.24) is 0 Å². The third-order valence-electron chi connectivity index (χ3n) is 5.11. The summed E-state index contributed by atoms with van der Waals surface area (Å²) in [5.74, 6) is 1.22. The van der Waals surface area contributed by atoms with Crippen LogP contribution in [0.4, 0.5) is 0 Å². The first-order chi connectivity index (χ1) is 12.5. The Kier molecular flexibility index (Phi) is 12.5. The minimum Gasteiger partial charge on any atom is -0.494 e. The fourth-order valence-corrected chi connectivity index (χ4v) is 4.58. The smallest absolute Gasteiger partial charge is 0.115 e. The molecule has 0 saturated carbocycles. The highest BCUT2D eigenvalue weighted by molar-refractivity contribution is 9.09. The summed E-state index contributed by atoms with van der Waals surface area (Å²) in [6, 6.07) is 0. The first-order valence-electron chi connectivity index (χ1n) is 10.4. The van der Waals surface area contributed by atoms with Crippen molar-refractivity contribution in [2.45, 2.75) is 94.3 Å². The molecule has 2 nitrogen and oxygen atoms in total. The van der Waals surface area contributed by atoms with Crippen LogP contribution in [0.5, 0.6) is 0 Å². The number of halogens is 2. The lowest BCUT2D eigenvalue weighted by Gasteiger charge is -2.43. The van der Waals surface area contributed by atoms with Gasteiger partial charge in [-0.15, -0.1) is 0 Å². The van der Waals surface area contributed by atoms with Gasteiger partial charge in [-0.2, -0.15) is 0 Å². The largest absolute Gasteiger partial charge is 0.494 e. The second-order valence-corrected chi connectivity index (χ2v) is 10.2. The number of hydrogen-bond acceptors (Lipinski definition) is 2. The molecule has 26 heavy (non-hydrogen) atoms. The van der Waals surface area contributed by atoms with Gasteiger partial charge in [0.15, 0.2) is 0 Å². The van der Waals surface area contributed by atoms with Gasteiger partial charge in [0.05, 0.1) is 6.61 Å². The van der Waals surface area contributed by atoms with Gasteiger partial charge < -0.3 is 9.47 Å².